The van der Waals surface area contributed by atoms with Crippen LogP contribution >= 0.6 is 27.5 Å². The van der Waals surface area contributed by atoms with Crippen LogP contribution in [0.1, 0.15) is 15.9 Å². The lowest BCUT2D eigenvalue weighted by molar-refractivity contribution is 0.0472. The summed E-state index contributed by atoms with van der Waals surface area (Å²) in [5.74, 6) is -0.548. The third-order valence-electron chi connectivity index (χ3n) is 2.36. The van der Waals surface area contributed by atoms with E-state index in [1.165, 1.54) is 12.3 Å². The fraction of sp³-hybridized carbons (Fsp3) is 0.0769. The van der Waals surface area contributed by atoms with Gasteiger partial charge in [0.15, 0.2) is 0 Å². The van der Waals surface area contributed by atoms with Gasteiger partial charge in [0.2, 0.25) is 0 Å². The molecule has 0 aliphatic rings. The number of hydrogen-bond acceptors (Lipinski definition) is 4. The molecule has 0 saturated carbocycles. The Morgan fingerprint density at radius 2 is 2.05 bits per heavy atom. The number of rotatable bonds is 3. The van der Waals surface area contributed by atoms with Gasteiger partial charge in [-0.2, -0.15) is 0 Å². The summed E-state index contributed by atoms with van der Waals surface area (Å²) in [4.78, 5) is 15.6. The maximum atomic E-state index is 11.8. The Bertz CT molecular complexity index is 602. The van der Waals surface area contributed by atoms with Crippen LogP contribution in [0.2, 0.25) is 5.15 Å². The molecule has 4 nitrogen and oxygen atoms in total. The van der Waals surface area contributed by atoms with Crippen LogP contribution in [-0.2, 0) is 11.3 Å². The van der Waals surface area contributed by atoms with Crippen LogP contribution in [0.5, 0.6) is 0 Å². The third-order valence-corrected chi connectivity index (χ3v) is 3.19. The molecule has 19 heavy (non-hydrogen) atoms. The zero-order valence-electron chi connectivity index (χ0n) is 9.77. The van der Waals surface area contributed by atoms with Crippen molar-refractivity contribution in [3.05, 3.63) is 57.3 Å². The minimum absolute atomic E-state index is 0.0787. The van der Waals surface area contributed by atoms with Crippen LogP contribution in [-0.4, -0.2) is 11.0 Å². The Morgan fingerprint density at radius 3 is 2.74 bits per heavy atom. The van der Waals surface area contributed by atoms with Gasteiger partial charge in [-0.25, -0.2) is 9.78 Å². The maximum Gasteiger partial charge on any atom is 0.341 e. The van der Waals surface area contributed by atoms with E-state index in [2.05, 4.69) is 20.9 Å². The molecule has 0 aliphatic carbocycles. The highest BCUT2D eigenvalue weighted by Crippen LogP contribution is 2.18. The lowest BCUT2D eigenvalue weighted by atomic mass is 10.2. The SMILES string of the molecule is Nc1cnc(Cl)c(C(=O)OCc2ccc(Br)cc2)c1. The van der Waals surface area contributed by atoms with E-state index in [-0.39, 0.29) is 17.3 Å². The molecule has 1 heterocycles. The molecule has 0 aliphatic heterocycles. The number of nitrogens with zero attached hydrogens (tertiary/aromatic N) is 1. The van der Waals surface area contributed by atoms with Crippen LogP contribution < -0.4 is 5.73 Å². The van der Waals surface area contributed by atoms with Gasteiger partial charge in [-0.3, -0.25) is 0 Å². The van der Waals surface area contributed by atoms with Crippen molar-refractivity contribution in [2.24, 2.45) is 0 Å². The standard InChI is InChI=1S/C13H10BrClN2O2/c14-9-3-1-8(2-4-9)7-19-13(18)11-5-10(16)6-17-12(11)15/h1-6H,7,16H2. The molecule has 0 unspecified atom stereocenters. The topological polar surface area (TPSA) is 65.2 Å². The van der Waals surface area contributed by atoms with Gasteiger partial charge in [-0.1, -0.05) is 39.7 Å². The normalized spacial score (nSPS) is 10.2. The van der Waals surface area contributed by atoms with E-state index in [1.807, 2.05) is 24.3 Å². The first-order chi connectivity index (χ1) is 9.06. The second kappa shape index (κ2) is 6.04. The van der Waals surface area contributed by atoms with Crippen molar-refractivity contribution in [2.75, 3.05) is 5.73 Å². The molecule has 0 atom stereocenters. The second-order valence-electron chi connectivity index (χ2n) is 3.81. The highest BCUT2D eigenvalue weighted by atomic mass is 79.9. The van der Waals surface area contributed by atoms with Gasteiger partial charge in [-0.05, 0) is 23.8 Å². The smallest absolute Gasteiger partial charge is 0.341 e. The minimum Gasteiger partial charge on any atom is -0.457 e. The minimum atomic E-state index is -0.548. The van der Waals surface area contributed by atoms with Gasteiger partial charge in [0.25, 0.3) is 0 Å². The van der Waals surface area contributed by atoms with Gasteiger partial charge in [0, 0.05) is 4.47 Å². The van der Waals surface area contributed by atoms with Crippen LogP contribution in [0.4, 0.5) is 5.69 Å². The van der Waals surface area contributed by atoms with Crippen molar-refractivity contribution in [1.29, 1.82) is 0 Å². The molecule has 0 bridgehead atoms. The molecule has 1 aromatic carbocycles. The van der Waals surface area contributed by atoms with Gasteiger partial charge in [0.05, 0.1) is 17.4 Å². The van der Waals surface area contributed by atoms with Crippen molar-refractivity contribution < 1.29 is 9.53 Å². The Labute approximate surface area is 123 Å². The fourth-order valence-electron chi connectivity index (χ4n) is 1.41. The average Bonchev–Trinajstić information content (AvgIpc) is 2.40. The summed E-state index contributed by atoms with van der Waals surface area (Å²) in [7, 11) is 0. The number of aromatic nitrogens is 1. The lowest BCUT2D eigenvalue weighted by Crippen LogP contribution is -2.07. The van der Waals surface area contributed by atoms with Gasteiger partial charge in [0.1, 0.15) is 11.8 Å². The zero-order chi connectivity index (χ0) is 13.8. The number of pyridine rings is 1. The number of hydrogen-bond donors (Lipinski definition) is 1. The first kappa shape index (κ1) is 13.8. The monoisotopic (exact) mass is 340 g/mol. The van der Waals surface area contributed by atoms with Crippen LogP contribution in [0.3, 0.4) is 0 Å². The molecule has 6 heteroatoms. The lowest BCUT2D eigenvalue weighted by Gasteiger charge is -2.06. The number of anilines is 1. The van der Waals surface area contributed by atoms with Crippen molar-refractivity contribution in [2.45, 2.75) is 6.61 Å². The van der Waals surface area contributed by atoms with Crippen LogP contribution in [0.15, 0.2) is 41.0 Å². The number of carbonyl (C=O) groups excluding carboxylic acids is 1. The molecule has 1 aromatic heterocycles. The number of benzene rings is 1. The quantitative estimate of drug-likeness (QED) is 0.686. The highest BCUT2D eigenvalue weighted by Gasteiger charge is 2.13. The van der Waals surface area contributed by atoms with Crippen LogP contribution in [0.25, 0.3) is 0 Å². The van der Waals surface area contributed by atoms with E-state index < -0.39 is 5.97 Å². The van der Waals surface area contributed by atoms with Crippen molar-refractivity contribution >= 4 is 39.2 Å². The largest absolute Gasteiger partial charge is 0.457 e. The van der Waals surface area contributed by atoms with E-state index in [0.717, 1.165) is 10.0 Å². The number of halogens is 2. The van der Waals surface area contributed by atoms with Crippen molar-refractivity contribution in [3.63, 3.8) is 0 Å². The first-order valence-electron chi connectivity index (χ1n) is 5.39. The third kappa shape index (κ3) is 3.68. The molecule has 0 fully saturated rings. The summed E-state index contributed by atoms with van der Waals surface area (Å²) in [6.07, 6.45) is 1.38. The molecule has 0 saturated heterocycles. The Morgan fingerprint density at radius 1 is 1.37 bits per heavy atom. The molecule has 2 N–H and O–H groups in total. The molecule has 0 radical (unpaired) electrons. The molecule has 2 aromatic rings. The second-order valence-corrected chi connectivity index (χ2v) is 5.08. The average molecular weight is 342 g/mol. The first-order valence-corrected chi connectivity index (χ1v) is 6.56. The summed E-state index contributed by atoms with van der Waals surface area (Å²) in [5, 5.41) is 0.0787. The molecular formula is C13H10BrClN2O2. The van der Waals surface area contributed by atoms with E-state index in [0.29, 0.717) is 5.69 Å². The highest BCUT2D eigenvalue weighted by molar-refractivity contribution is 9.10. The number of ether oxygens (including phenoxy) is 1. The number of esters is 1. The van der Waals surface area contributed by atoms with E-state index >= 15 is 0 Å². The summed E-state index contributed by atoms with van der Waals surface area (Å²) in [6, 6.07) is 8.91. The molecule has 0 spiro atoms. The van der Waals surface area contributed by atoms with E-state index in [4.69, 9.17) is 22.1 Å². The number of nitrogen functional groups attached to an aromatic ring is 1. The van der Waals surface area contributed by atoms with Gasteiger partial charge >= 0.3 is 5.97 Å². The molecular weight excluding hydrogens is 332 g/mol. The van der Waals surface area contributed by atoms with E-state index in [9.17, 15) is 4.79 Å². The Balaban J connectivity index is 2.05. The predicted octanol–water partition coefficient (Wildman–Crippen LogP) is 3.44. The predicted molar refractivity (Wildman–Crippen MR) is 76.9 cm³/mol. The zero-order valence-corrected chi connectivity index (χ0v) is 12.1. The maximum absolute atomic E-state index is 11.8. The van der Waals surface area contributed by atoms with E-state index in [1.54, 1.807) is 0 Å². The summed E-state index contributed by atoms with van der Waals surface area (Å²) in [5.41, 5.74) is 6.96. The summed E-state index contributed by atoms with van der Waals surface area (Å²) >= 11 is 9.15. The summed E-state index contributed by atoms with van der Waals surface area (Å²) < 4.78 is 6.12. The number of carbonyl (C=O) groups is 1. The molecule has 2 rings (SSSR count). The van der Waals surface area contributed by atoms with Crippen molar-refractivity contribution in [1.82, 2.24) is 4.98 Å². The van der Waals surface area contributed by atoms with Crippen molar-refractivity contribution in [3.8, 4) is 0 Å². The van der Waals surface area contributed by atoms with Crippen LogP contribution in [0, 0.1) is 0 Å². The van der Waals surface area contributed by atoms with Gasteiger partial charge < -0.3 is 10.5 Å². The fourth-order valence-corrected chi connectivity index (χ4v) is 1.86. The molecule has 0 amide bonds. The molecule has 98 valence electrons. The number of nitrogens with two attached hydrogens (primary N) is 1. The Hall–Kier alpha value is -1.59. The summed E-state index contributed by atoms with van der Waals surface area (Å²) in [6.45, 7) is 0.164. The van der Waals surface area contributed by atoms with Gasteiger partial charge in [-0.15, -0.1) is 0 Å². The Kier molecular flexibility index (Phi) is 4.39.